The first-order valence-electron chi connectivity index (χ1n) is 7.37. The Hall–Kier alpha value is -1.91. The van der Waals surface area contributed by atoms with Crippen molar-refractivity contribution in [1.29, 1.82) is 0 Å². The van der Waals surface area contributed by atoms with Gasteiger partial charge in [0, 0.05) is 0 Å². The Balaban J connectivity index is 0.000000518. The van der Waals surface area contributed by atoms with E-state index in [4.69, 9.17) is 0 Å². The van der Waals surface area contributed by atoms with E-state index in [1.165, 1.54) is 16.2 Å². The van der Waals surface area contributed by atoms with Crippen LogP contribution in [0, 0.1) is 6.92 Å². The van der Waals surface area contributed by atoms with E-state index >= 15 is 0 Å². The molecule has 0 spiro atoms. The third-order valence-electron chi connectivity index (χ3n) is 2.52. The number of benzene rings is 1. The van der Waals surface area contributed by atoms with E-state index in [0.29, 0.717) is 8.58 Å². The van der Waals surface area contributed by atoms with Crippen LogP contribution in [0.5, 0.6) is 0 Å². The van der Waals surface area contributed by atoms with E-state index in [2.05, 4.69) is 44.4 Å². The molecule has 0 radical (unpaired) electrons. The number of aryl methyl sites for hydroxylation is 1. The molecule has 0 heterocycles. The predicted octanol–water partition coefficient (Wildman–Crippen LogP) is 6.95. The highest BCUT2D eigenvalue weighted by molar-refractivity contribution is 7.48. The van der Waals surface area contributed by atoms with Crippen LogP contribution in [-0.2, 0) is 0 Å². The zero-order chi connectivity index (χ0) is 16.6. The summed E-state index contributed by atoms with van der Waals surface area (Å²) in [6.45, 7) is 13.6. The van der Waals surface area contributed by atoms with Crippen molar-refractivity contribution in [3.8, 4) is 0 Å². The molecule has 0 fully saturated rings. The molecule has 1 heteroatoms. The van der Waals surface area contributed by atoms with Gasteiger partial charge in [0.15, 0.2) is 0 Å². The molecule has 0 unspecified atom stereocenters. The SMILES string of the molecule is C=C/C=C(\C=C/C)PC(/C=C\C)=C/C=C.Cc1ccccc1. The Bertz CT molecular complexity index is 511. The van der Waals surface area contributed by atoms with Gasteiger partial charge in [0.05, 0.1) is 0 Å². The minimum Gasteiger partial charge on any atom is -0.0990 e. The van der Waals surface area contributed by atoms with Crippen molar-refractivity contribution < 1.29 is 0 Å². The van der Waals surface area contributed by atoms with Crippen molar-refractivity contribution in [1.82, 2.24) is 0 Å². The lowest BCUT2D eigenvalue weighted by molar-refractivity contribution is 1.48. The molecule has 0 nitrogen and oxygen atoms in total. The van der Waals surface area contributed by atoms with E-state index in [1.807, 2.05) is 68.5 Å². The average molecular weight is 310 g/mol. The average Bonchev–Trinajstić information content (AvgIpc) is 2.50. The molecule has 0 N–H and O–H groups in total. The molecule has 1 rings (SSSR count). The van der Waals surface area contributed by atoms with Crippen LogP contribution >= 0.6 is 8.58 Å². The normalized spacial score (nSPS) is 12.7. The topological polar surface area (TPSA) is 0 Å². The van der Waals surface area contributed by atoms with Crippen molar-refractivity contribution in [3.63, 3.8) is 0 Å². The van der Waals surface area contributed by atoms with Gasteiger partial charge >= 0.3 is 0 Å². The highest BCUT2D eigenvalue weighted by atomic mass is 31.1. The maximum absolute atomic E-state index is 3.72. The highest BCUT2D eigenvalue weighted by Gasteiger charge is 1.94. The standard InChI is InChI=1S/C14H19P.C7H8/c1-5-9-13(10-6-2)15-14(11-7-3)12-8-4;1-7-5-3-2-4-6-7/h5-12,15H,1,3H2,2,4H3;2-6H,1H3/b10-6-,12-8-,13-9+,14-11+;. The second kappa shape index (κ2) is 14.0. The van der Waals surface area contributed by atoms with Gasteiger partial charge in [-0.3, -0.25) is 0 Å². The molecule has 0 atom stereocenters. The highest BCUT2D eigenvalue weighted by Crippen LogP contribution is 2.34. The summed E-state index contributed by atoms with van der Waals surface area (Å²) in [4.78, 5) is 0. The third kappa shape index (κ3) is 10.8. The predicted molar refractivity (Wildman–Crippen MR) is 106 cm³/mol. The van der Waals surface area contributed by atoms with E-state index in [0.717, 1.165) is 0 Å². The zero-order valence-electron chi connectivity index (χ0n) is 13.9. The van der Waals surface area contributed by atoms with Crippen LogP contribution in [0.3, 0.4) is 0 Å². The number of hydrogen-bond donors (Lipinski definition) is 0. The van der Waals surface area contributed by atoms with Gasteiger partial charge in [-0.15, -0.1) is 0 Å². The molecule has 0 amide bonds. The molecule has 0 aromatic heterocycles. The van der Waals surface area contributed by atoms with Crippen molar-refractivity contribution >= 4 is 8.58 Å². The van der Waals surface area contributed by atoms with Gasteiger partial charge in [0.2, 0.25) is 0 Å². The van der Waals surface area contributed by atoms with Gasteiger partial charge in [0.1, 0.15) is 0 Å². The van der Waals surface area contributed by atoms with Gasteiger partial charge in [-0.05, 0) is 31.4 Å². The molecular formula is C21H27P. The number of rotatable bonds is 6. The second-order valence-corrected chi connectivity index (χ2v) is 5.90. The van der Waals surface area contributed by atoms with Crippen LogP contribution in [0.25, 0.3) is 0 Å². The summed E-state index contributed by atoms with van der Waals surface area (Å²) in [7, 11) is 0.648. The fourth-order valence-corrected chi connectivity index (χ4v) is 2.83. The monoisotopic (exact) mass is 310 g/mol. The first-order chi connectivity index (χ1) is 10.7. The van der Waals surface area contributed by atoms with Gasteiger partial charge in [-0.25, -0.2) is 0 Å². The summed E-state index contributed by atoms with van der Waals surface area (Å²) in [5, 5.41) is 2.55. The molecule has 0 aliphatic carbocycles. The van der Waals surface area contributed by atoms with E-state index in [1.54, 1.807) is 0 Å². The molecule has 0 aliphatic heterocycles. The summed E-state index contributed by atoms with van der Waals surface area (Å²) >= 11 is 0. The molecule has 0 aliphatic rings. The van der Waals surface area contributed by atoms with E-state index in [-0.39, 0.29) is 0 Å². The number of allylic oxidation sites excluding steroid dienone is 10. The van der Waals surface area contributed by atoms with Crippen molar-refractivity contribution in [2.45, 2.75) is 20.8 Å². The van der Waals surface area contributed by atoms with E-state index in [9.17, 15) is 0 Å². The lowest BCUT2D eigenvalue weighted by atomic mass is 10.2. The van der Waals surface area contributed by atoms with Crippen molar-refractivity contribution in [2.75, 3.05) is 0 Å². The van der Waals surface area contributed by atoms with Crippen LogP contribution < -0.4 is 0 Å². The Labute approximate surface area is 138 Å². The third-order valence-corrected chi connectivity index (χ3v) is 3.76. The summed E-state index contributed by atoms with van der Waals surface area (Å²) < 4.78 is 0. The molecule has 0 bridgehead atoms. The van der Waals surface area contributed by atoms with Crippen LogP contribution in [0.4, 0.5) is 0 Å². The van der Waals surface area contributed by atoms with Crippen LogP contribution in [0.2, 0.25) is 0 Å². The summed E-state index contributed by atoms with van der Waals surface area (Å²) in [5.41, 5.74) is 1.32. The molecule has 116 valence electrons. The lowest BCUT2D eigenvalue weighted by Gasteiger charge is -2.02. The molecule has 1 aromatic rings. The second-order valence-electron chi connectivity index (χ2n) is 4.50. The summed E-state index contributed by atoms with van der Waals surface area (Å²) in [5.74, 6) is 0. The lowest BCUT2D eigenvalue weighted by Crippen LogP contribution is -1.70. The Kier molecular flexibility index (Phi) is 12.8. The Morgan fingerprint density at radius 1 is 0.864 bits per heavy atom. The molecule has 1 aromatic carbocycles. The summed E-state index contributed by atoms with van der Waals surface area (Å²) in [6.07, 6.45) is 16.0. The number of hydrogen-bond acceptors (Lipinski definition) is 0. The minimum atomic E-state index is 0.648. The Morgan fingerprint density at radius 2 is 1.32 bits per heavy atom. The minimum absolute atomic E-state index is 0.648. The fraction of sp³-hybridized carbons (Fsp3) is 0.143. The molecule has 0 saturated carbocycles. The first kappa shape index (κ1) is 20.1. The van der Waals surface area contributed by atoms with Crippen molar-refractivity contribution in [3.05, 3.63) is 108 Å². The molecule has 22 heavy (non-hydrogen) atoms. The first-order valence-corrected chi connectivity index (χ1v) is 8.37. The maximum atomic E-state index is 3.72. The van der Waals surface area contributed by atoms with Gasteiger partial charge < -0.3 is 0 Å². The van der Waals surface area contributed by atoms with Crippen LogP contribution in [0.15, 0.2) is 103 Å². The molecule has 0 saturated heterocycles. The fourth-order valence-electron chi connectivity index (χ4n) is 1.59. The van der Waals surface area contributed by atoms with Gasteiger partial charge in [-0.1, -0.05) is 106 Å². The van der Waals surface area contributed by atoms with Gasteiger partial charge in [0.25, 0.3) is 0 Å². The van der Waals surface area contributed by atoms with E-state index < -0.39 is 0 Å². The van der Waals surface area contributed by atoms with Crippen LogP contribution in [0.1, 0.15) is 19.4 Å². The summed E-state index contributed by atoms with van der Waals surface area (Å²) in [6, 6.07) is 10.3. The van der Waals surface area contributed by atoms with Gasteiger partial charge in [-0.2, -0.15) is 0 Å². The maximum Gasteiger partial charge on any atom is -0.0230 e. The molecular weight excluding hydrogens is 283 g/mol. The van der Waals surface area contributed by atoms with Crippen molar-refractivity contribution in [2.24, 2.45) is 0 Å². The van der Waals surface area contributed by atoms with Crippen LogP contribution in [-0.4, -0.2) is 0 Å². The zero-order valence-corrected chi connectivity index (χ0v) is 14.9. The Morgan fingerprint density at radius 3 is 1.59 bits per heavy atom. The quantitative estimate of drug-likeness (QED) is 0.394. The smallest absolute Gasteiger partial charge is 0.0230 e. The largest absolute Gasteiger partial charge is 0.0990 e.